The number of methoxy groups -OCH3 is 1. The molecule has 118 valence electrons. The van der Waals surface area contributed by atoms with Crippen molar-refractivity contribution in [3.8, 4) is 5.75 Å². The molecule has 0 aliphatic rings. The lowest BCUT2D eigenvalue weighted by atomic mass is 10.0. The number of ketones is 1. The minimum atomic E-state index is -0.00886. The van der Waals surface area contributed by atoms with Crippen LogP contribution < -0.4 is 4.74 Å². The predicted molar refractivity (Wildman–Crippen MR) is 99.4 cm³/mol. The first kappa shape index (κ1) is 15.8. The molecule has 0 aliphatic heterocycles. The molecule has 2 nitrogen and oxygen atoms in total. The number of benzene rings is 3. The van der Waals surface area contributed by atoms with Gasteiger partial charge >= 0.3 is 0 Å². The van der Waals surface area contributed by atoms with Crippen molar-refractivity contribution in [2.45, 2.75) is 0 Å². The highest BCUT2D eigenvalue weighted by molar-refractivity contribution is 6.07. The Hall–Kier alpha value is -3.13. The third kappa shape index (κ3) is 3.79. The summed E-state index contributed by atoms with van der Waals surface area (Å²) in [6.07, 6.45) is 7.20. The van der Waals surface area contributed by atoms with Crippen LogP contribution >= 0.6 is 0 Å². The van der Waals surface area contributed by atoms with Crippen molar-refractivity contribution in [1.82, 2.24) is 0 Å². The van der Waals surface area contributed by atoms with Crippen molar-refractivity contribution in [2.24, 2.45) is 0 Å². The number of hydrogen-bond acceptors (Lipinski definition) is 2. The topological polar surface area (TPSA) is 26.3 Å². The van der Waals surface area contributed by atoms with Gasteiger partial charge in [-0.25, -0.2) is 0 Å². The number of fused-ring (bicyclic) bond motifs is 1. The van der Waals surface area contributed by atoms with Crippen LogP contribution in [0.5, 0.6) is 5.75 Å². The van der Waals surface area contributed by atoms with Gasteiger partial charge in [-0.05, 0) is 40.6 Å². The number of rotatable bonds is 5. The van der Waals surface area contributed by atoms with Crippen LogP contribution in [0.1, 0.15) is 15.9 Å². The molecule has 0 saturated carbocycles. The van der Waals surface area contributed by atoms with Gasteiger partial charge in [0.2, 0.25) is 0 Å². The molecule has 0 aliphatic carbocycles. The van der Waals surface area contributed by atoms with Gasteiger partial charge in [0.05, 0.1) is 7.11 Å². The summed E-state index contributed by atoms with van der Waals surface area (Å²) in [5.74, 6) is 0.804. The van der Waals surface area contributed by atoms with Gasteiger partial charge in [-0.15, -0.1) is 0 Å². The SMILES string of the molecule is COc1ccc2cc(C(=O)C=CC=Cc3ccccc3)ccc2c1. The second-order valence-corrected chi connectivity index (χ2v) is 5.42. The van der Waals surface area contributed by atoms with E-state index in [1.54, 1.807) is 19.3 Å². The highest BCUT2D eigenvalue weighted by Gasteiger charge is 2.03. The van der Waals surface area contributed by atoms with Gasteiger partial charge in [-0.1, -0.05) is 66.8 Å². The molecule has 3 aromatic rings. The smallest absolute Gasteiger partial charge is 0.185 e. The first-order valence-corrected chi connectivity index (χ1v) is 7.78. The van der Waals surface area contributed by atoms with Crippen LogP contribution in [0.15, 0.2) is 85.0 Å². The number of ether oxygens (including phenoxy) is 1. The van der Waals surface area contributed by atoms with Crippen molar-refractivity contribution in [3.63, 3.8) is 0 Å². The van der Waals surface area contributed by atoms with Gasteiger partial charge in [-0.2, -0.15) is 0 Å². The summed E-state index contributed by atoms with van der Waals surface area (Å²) in [4.78, 5) is 12.3. The molecule has 0 aromatic heterocycles. The van der Waals surface area contributed by atoms with E-state index in [0.717, 1.165) is 22.1 Å². The fourth-order valence-electron chi connectivity index (χ4n) is 2.47. The summed E-state index contributed by atoms with van der Waals surface area (Å²) >= 11 is 0. The van der Waals surface area contributed by atoms with Crippen LogP contribution in [-0.2, 0) is 0 Å². The van der Waals surface area contributed by atoms with Gasteiger partial charge in [0.25, 0.3) is 0 Å². The van der Waals surface area contributed by atoms with Crippen molar-refractivity contribution < 1.29 is 9.53 Å². The zero-order chi connectivity index (χ0) is 16.8. The average molecular weight is 314 g/mol. The first-order chi connectivity index (χ1) is 11.8. The maximum Gasteiger partial charge on any atom is 0.185 e. The Bertz CT molecular complexity index is 906. The van der Waals surface area contributed by atoms with Gasteiger partial charge in [0.15, 0.2) is 5.78 Å². The Morgan fingerprint density at radius 3 is 2.42 bits per heavy atom. The number of hydrogen-bond donors (Lipinski definition) is 0. The van der Waals surface area contributed by atoms with E-state index < -0.39 is 0 Å². The third-order valence-electron chi connectivity index (χ3n) is 3.78. The van der Waals surface area contributed by atoms with E-state index >= 15 is 0 Å². The van der Waals surface area contributed by atoms with E-state index in [2.05, 4.69) is 0 Å². The Balaban J connectivity index is 1.74. The fraction of sp³-hybridized carbons (Fsp3) is 0.0455. The highest BCUT2D eigenvalue weighted by Crippen LogP contribution is 2.22. The Kier molecular flexibility index (Phi) is 4.87. The largest absolute Gasteiger partial charge is 0.497 e. The number of allylic oxidation sites excluding steroid dienone is 3. The summed E-state index contributed by atoms with van der Waals surface area (Å²) in [6, 6.07) is 21.5. The molecule has 3 aromatic carbocycles. The highest BCUT2D eigenvalue weighted by atomic mass is 16.5. The van der Waals surface area contributed by atoms with Crippen LogP contribution in [0.25, 0.3) is 16.8 Å². The maximum atomic E-state index is 12.3. The molecule has 0 atom stereocenters. The standard InChI is InChI=1S/C22H18O2/c1-24-21-14-13-18-15-20(12-11-19(18)16-21)22(23)10-6-5-9-17-7-3-2-4-8-17/h2-16H,1H3. The second-order valence-electron chi connectivity index (χ2n) is 5.42. The van der Waals surface area contributed by atoms with Crippen LogP contribution in [0, 0.1) is 0 Å². The molecule has 0 spiro atoms. The summed E-state index contributed by atoms with van der Waals surface area (Å²) in [5, 5.41) is 2.08. The van der Waals surface area contributed by atoms with Crippen LogP contribution in [0.4, 0.5) is 0 Å². The molecule has 0 amide bonds. The Morgan fingerprint density at radius 2 is 1.62 bits per heavy atom. The minimum absolute atomic E-state index is 0.00886. The quantitative estimate of drug-likeness (QED) is 0.363. The Morgan fingerprint density at radius 1 is 0.875 bits per heavy atom. The molecule has 0 heterocycles. The molecule has 3 rings (SSSR count). The lowest BCUT2D eigenvalue weighted by Crippen LogP contribution is -1.93. The van der Waals surface area contributed by atoms with Gasteiger partial charge < -0.3 is 4.74 Å². The molecule has 24 heavy (non-hydrogen) atoms. The van der Waals surface area contributed by atoms with E-state index in [1.807, 2.05) is 78.9 Å². The van der Waals surface area contributed by atoms with Crippen molar-refractivity contribution >= 4 is 22.6 Å². The minimum Gasteiger partial charge on any atom is -0.497 e. The lowest BCUT2D eigenvalue weighted by molar-refractivity contribution is 0.104. The van der Waals surface area contributed by atoms with E-state index in [1.165, 1.54) is 0 Å². The van der Waals surface area contributed by atoms with Crippen LogP contribution in [0.2, 0.25) is 0 Å². The molecule has 0 N–H and O–H groups in total. The molecular formula is C22H18O2. The number of carbonyl (C=O) groups is 1. The molecule has 0 saturated heterocycles. The molecule has 0 radical (unpaired) electrons. The van der Waals surface area contributed by atoms with Crippen LogP contribution in [0.3, 0.4) is 0 Å². The zero-order valence-electron chi connectivity index (χ0n) is 13.5. The molecule has 0 bridgehead atoms. The van der Waals surface area contributed by atoms with E-state index in [9.17, 15) is 4.79 Å². The van der Waals surface area contributed by atoms with Gasteiger partial charge in [0, 0.05) is 5.56 Å². The molecular weight excluding hydrogens is 296 g/mol. The predicted octanol–water partition coefficient (Wildman–Crippen LogP) is 5.30. The van der Waals surface area contributed by atoms with Crippen LogP contribution in [-0.4, -0.2) is 12.9 Å². The summed E-state index contributed by atoms with van der Waals surface area (Å²) in [6.45, 7) is 0. The van der Waals surface area contributed by atoms with E-state index in [0.29, 0.717) is 5.56 Å². The zero-order valence-corrected chi connectivity index (χ0v) is 13.5. The average Bonchev–Trinajstić information content (AvgIpc) is 2.65. The van der Waals surface area contributed by atoms with Gasteiger partial charge in [-0.3, -0.25) is 4.79 Å². The van der Waals surface area contributed by atoms with Gasteiger partial charge in [0.1, 0.15) is 5.75 Å². The maximum absolute atomic E-state index is 12.3. The molecule has 0 fully saturated rings. The molecule has 2 heteroatoms. The monoisotopic (exact) mass is 314 g/mol. The summed E-state index contributed by atoms with van der Waals surface area (Å²) in [7, 11) is 1.65. The number of carbonyl (C=O) groups excluding carboxylic acids is 1. The third-order valence-corrected chi connectivity index (χ3v) is 3.78. The first-order valence-electron chi connectivity index (χ1n) is 7.78. The normalized spacial score (nSPS) is 11.4. The fourth-order valence-corrected chi connectivity index (χ4v) is 2.47. The lowest BCUT2D eigenvalue weighted by Gasteiger charge is -2.03. The van der Waals surface area contributed by atoms with Crippen molar-refractivity contribution in [1.29, 1.82) is 0 Å². The van der Waals surface area contributed by atoms with E-state index in [4.69, 9.17) is 4.74 Å². The summed E-state index contributed by atoms with van der Waals surface area (Å²) < 4.78 is 5.22. The van der Waals surface area contributed by atoms with Crippen molar-refractivity contribution in [3.05, 3.63) is 96.1 Å². The summed E-state index contributed by atoms with van der Waals surface area (Å²) in [5.41, 5.74) is 1.78. The molecule has 0 unspecified atom stereocenters. The van der Waals surface area contributed by atoms with Crippen molar-refractivity contribution in [2.75, 3.05) is 7.11 Å². The second kappa shape index (κ2) is 7.42. The Labute approximate surface area is 141 Å². The van der Waals surface area contributed by atoms with E-state index in [-0.39, 0.29) is 5.78 Å².